The molecule has 0 aliphatic heterocycles. The van der Waals surface area contributed by atoms with E-state index in [2.05, 4.69) is 20.6 Å². The van der Waals surface area contributed by atoms with Crippen LogP contribution >= 0.6 is 11.6 Å². The van der Waals surface area contributed by atoms with Gasteiger partial charge in [-0.25, -0.2) is 0 Å². The first kappa shape index (κ1) is 11.9. The number of hydrazine groups is 1. The molecular weight excluding hydrogens is 238 g/mol. The molecule has 3 N–H and O–H groups in total. The van der Waals surface area contributed by atoms with Gasteiger partial charge in [0, 0.05) is 18.6 Å². The lowest BCUT2D eigenvalue weighted by Gasteiger charge is -2.16. The zero-order chi connectivity index (χ0) is 12.1. The van der Waals surface area contributed by atoms with Crippen LogP contribution in [0.25, 0.3) is 0 Å². The molecule has 2 aromatic rings. The first-order valence-corrected chi connectivity index (χ1v) is 5.50. The molecule has 2 rings (SSSR count). The zero-order valence-electron chi connectivity index (χ0n) is 9.05. The van der Waals surface area contributed by atoms with E-state index in [0.717, 1.165) is 11.1 Å². The lowest BCUT2D eigenvalue weighted by Crippen LogP contribution is -2.29. The van der Waals surface area contributed by atoms with Gasteiger partial charge in [-0.3, -0.25) is 16.3 Å². The van der Waals surface area contributed by atoms with Gasteiger partial charge < -0.3 is 0 Å². The highest BCUT2D eigenvalue weighted by Crippen LogP contribution is 2.21. The Morgan fingerprint density at radius 2 is 2.12 bits per heavy atom. The maximum absolute atomic E-state index is 6.05. The Morgan fingerprint density at radius 1 is 1.24 bits per heavy atom. The van der Waals surface area contributed by atoms with Crippen LogP contribution in [0.15, 0.2) is 36.9 Å². The van der Waals surface area contributed by atoms with Crippen LogP contribution in [0.5, 0.6) is 0 Å². The summed E-state index contributed by atoms with van der Waals surface area (Å²) in [5, 5.41) is 8.19. The van der Waals surface area contributed by atoms with Gasteiger partial charge in [-0.1, -0.05) is 11.6 Å². The molecule has 0 spiro atoms. The average Bonchev–Trinajstić information content (AvgIpc) is 2.39. The van der Waals surface area contributed by atoms with Crippen LogP contribution < -0.4 is 11.3 Å². The Bertz CT molecular complexity index is 476. The minimum Gasteiger partial charge on any atom is -0.271 e. The van der Waals surface area contributed by atoms with Crippen LogP contribution in [0.1, 0.15) is 17.2 Å². The normalized spacial score (nSPS) is 12.4. The molecule has 0 bridgehead atoms. The summed E-state index contributed by atoms with van der Waals surface area (Å²) in [6.45, 7) is 0. The Kier molecular flexibility index (Phi) is 3.98. The lowest BCUT2D eigenvalue weighted by molar-refractivity contribution is 0.548. The third kappa shape index (κ3) is 2.97. The summed E-state index contributed by atoms with van der Waals surface area (Å²) in [5.41, 5.74) is 4.70. The summed E-state index contributed by atoms with van der Waals surface area (Å²) < 4.78 is 0. The molecule has 0 amide bonds. The third-order valence-electron chi connectivity index (χ3n) is 2.49. The van der Waals surface area contributed by atoms with E-state index in [4.69, 9.17) is 17.4 Å². The van der Waals surface area contributed by atoms with Crippen molar-refractivity contribution in [3.63, 3.8) is 0 Å². The number of aromatic nitrogens is 3. The number of pyridine rings is 1. The van der Waals surface area contributed by atoms with Crippen LogP contribution in [0, 0.1) is 0 Å². The summed E-state index contributed by atoms with van der Waals surface area (Å²) in [4.78, 5) is 3.94. The van der Waals surface area contributed by atoms with Gasteiger partial charge in [-0.2, -0.15) is 10.2 Å². The highest BCUT2D eigenvalue weighted by atomic mass is 35.5. The molecule has 0 radical (unpaired) electrons. The molecule has 17 heavy (non-hydrogen) atoms. The summed E-state index contributed by atoms with van der Waals surface area (Å²) in [6, 6.07) is 3.69. The van der Waals surface area contributed by atoms with Crippen molar-refractivity contribution in [2.45, 2.75) is 12.5 Å². The Hall–Kier alpha value is -1.56. The number of nitrogens with one attached hydrogen (secondary N) is 1. The van der Waals surface area contributed by atoms with Gasteiger partial charge in [0.05, 0.1) is 17.3 Å². The molecule has 1 unspecified atom stereocenters. The van der Waals surface area contributed by atoms with Crippen LogP contribution in [0.2, 0.25) is 5.02 Å². The molecule has 0 aliphatic carbocycles. The summed E-state index contributed by atoms with van der Waals surface area (Å²) in [7, 11) is 0. The predicted molar refractivity (Wildman–Crippen MR) is 65.0 cm³/mol. The van der Waals surface area contributed by atoms with Crippen molar-refractivity contribution in [2.75, 3.05) is 0 Å². The van der Waals surface area contributed by atoms with E-state index < -0.39 is 0 Å². The van der Waals surface area contributed by atoms with Gasteiger partial charge in [0.2, 0.25) is 0 Å². The number of hydrogen-bond acceptors (Lipinski definition) is 5. The van der Waals surface area contributed by atoms with Gasteiger partial charge in [-0.15, -0.1) is 0 Å². The SMILES string of the molecule is NNC(Cc1ccncc1Cl)c1ccnnc1. The number of nitrogens with two attached hydrogens (primary N) is 1. The molecule has 88 valence electrons. The molecule has 1 atom stereocenters. The largest absolute Gasteiger partial charge is 0.271 e. The van der Waals surface area contributed by atoms with E-state index in [9.17, 15) is 0 Å². The molecule has 6 heteroatoms. The monoisotopic (exact) mass is 249 g/mol. The molecule has 0 aliphatic rings. The molecule has 5 nitrogen and oxygen atoms in total. The smallest absolute Gasteiger partial charge is 0.0622 e. The van der Waals surface area contributed by atoms with Gasteiger partial charge in [0.25, 0.3) is 0 Å². The summed E-state index contributed by atoms with van der Waals surface area (Å²) >= 11 is 6.05. The molecule has 2 aromatic heterocycles. The fourth-order valence-electron chi connectivity index (χ4n) is 1.57. The maximum atomic E-state index is 6.05. The zero-order valence-corrected chi connectivity index (χ0v) is 9.80. The van der Waals surface area contributed by atoms with E-state index in [1.807, 2.05) is 12.1 Å². The van der Waals surface area contributed by atoms with E-state index in [1.165, 1.54) is 0 Å². The highest BCUT2D eigenvalue weighted by Gasteiger charge is 2.12. The Labute approximate surface area is 104 Å². The van der Waals surface area contributed by atoms with Crippen molar-refractivity contribution >= 4 is 11.6 Å². The van der Waals surface area contributed by atoms with Crippen molar-refractivity contribution in [3.8, 4) is 0 Å². The number of nitrogens with zero attached hydrogens (tertiary/aromatic N) is 3. The quantitative estimate of drug-likeness (QED) is 0.630. The molecular formula is C11H12ClN5. The van der Waals surface area contributed by atoms with Crippen LogP contribution in [0.4, 0.5) is 0 Å². The topological polar surface area (TPSA) is 76.7 Å². The first-order chi connectivity index (χ1) is 8.31. The van der Waals surface area contributed by atoms with Crippen molar-refractivity contribution in [1.82, 2.24) is 20.6 Å². The van der Waals surface area contributed by atoms with Crippen LogP contribution in [-0.2, 0) is 6.42 Å². The second-order valence-electron chi connectivity index (χ2n) is 3.57. The molecule has 0 fully saturated rings. The number of hydrogen-bond donors (Lipinski definition) is 2. The van der Waals surface area contributed by atoms with Gasteiger partial charge in [0.1, 0.15) is 0 Å². The predicted octanol–water partition coefficient (Wildman–Crippen LogP) is 1.27. The Morgan fingerprint density at radius 3 is 2.76 bits per heavy atom. The van der Waals surface area contributed by atoms with E-state index >= 15 is 0 Å². The van der Waals surface area contributed by atoms with Gasteiger partial charge in [-0.05, 0) is 29.7 Å². The molecule has 2 heterocycles. The third-order valence-corrected chi connectivity index (χ3v) is 2.83. The fourth-order valence-corrected chi connectivity index (χ4v) is 1.77. The molecule has 0 aromatic carbocycles. The van der Waals surface area contributed by atoms with Gasteiger partial charge in [0.15, 0.2) is 0 Å². The van der Waals surface area contributed by atoms with Gasteiger partial charge >= 0.3 is 0 Å². The summed E-state index contributed by atoms with van der Waals surface area (Å²) in [6.07, 6.45) is 7.31. The van der Waals surface area contributed by atoms with E-state index in [-0.39, 0.29) is 6.04 Å². The van der Waals surface area contributed by atoms with Crippen molar-refractivity contribution in [2.24, 2.45) is 5.84 Å². The van der Waals surface area contributed by atoms with E-state index in [0.29, 0.717) is 11.4 Å². The average molecular weight is 250 g/mol. The minimum atomic E-state index is -0.0506. The van der Waals surface area contributed by atoms with Crippen molar-refractivity contribution in [1.29, 1.82) is 0 Å². The first-order valence-electron chi connectivity index (χ1n) is 5.12. The van der Waals surface area contributed by atoms with Crippen molar-refractivity contribution in [3.05, 3.63) is 53.1 Å². The van der Waals surface area contributed by atoms with Crippen LogP contribution in [-0.4, -0.2) is 15.2 Å². The maximum Gasteiger partial charge on any atom is 0.0622 e. The highest BCUT2D eigenvalue weighted by molar-refractivity contribution is 6.31. The molecule has 0 saturated carbocycles. The summed E-state index contributed by atoms with van der Waals surface area (Å²) in [5.74, 6) is 5.55. The lowest BCUT2D eigenvalue weighted by atomic mass is 10.0. The second kappa shape index (κ2) is 5.67. The Balaban J connectivity index is 2.19. The van der Waals surface area contributed by atoms with E-state index in [1.54, 1.807) is 24.8 Å². The fraction of sp³-hybridized carbons (Fsp3) is 0.182. The standard InChI is InChI=1S/C11H12ClN5/c12-10-7-14-3-1-8(10)5-11(17-13)9-2-4-15-16-6-9/h1-4,6-7,11,17H,5,13H2. The van der Waals surface area contributed by atoms with Crippen molar-refractivity contribution < 1.29 is 0 Å². The number of rotatable bonds is 4. The second-order valence-corrected chi connectivity index (χ2v) is 3.97. The number of halogens is 1. The molecule has 0 saturated heterocycles. The van der Waals surface area contributed by atoms with Crippen LogP contribution in [0.3, 0.4) is 0 Å². The minimum absolute atomic E-state index is 0.0506.